The summed E-state index contributed by atoms with van der Waals surface area (Å²) in [6.07, 6.45) is 1.74. The molecule has 0 bridgehead atoms. The summed E-state index contributed by atoms with van der Waals surface area (Å²) in [6.45, 7) is 4.59. The Morgan fingerprint density at radius 3 is 2.63 bits per heavy atom. The molecule has 0 unspecified atom stereocenters. The Labute approximate surface area is 111 Å². The van der Waals surface area contributed by atoms with Crippen molar-refractivity contribution in [1.82, 2.24) is 0 Å². The molecular weight excluding hydrogens is 246 g/mol. The second kappa shape index (κ2) is 7.20. The zero-order chi connectivity index (χ0) is 14.3. The van der Waals surface area contributed by atoms with Crippen LogP contribution < -0.4 is 10.1 Å². The first-order valence-corrected chi connectivity index (χ1v) is 5.93. The zero-order valence-corrected chi connectivity index (χ0v) is 10.9. The largest absolute Gasteiger partial charge is 0.491 e. The molecule has 1 aromatic carbocycles. The summed E-state index contributed by atoms with van der Waals surface area (Å²) in [6, 6.07) is 7.01. The van der Waals surface area contributed by atoms with Crippen molar-refractivity contribution in [3.8, 4) is 5.75 Å². The van der Waals surface area contributed by atoms with Gasteiger partial charge in [-0.05, 0) is 18.1 Å². The molecule has 5 nitrogen and oxygen atoms in total. The van der Waals surface area contributed by atoms with Gasteiger partial charge in [-0.25, -0.2) is 4.79 Å². The molecule has 0 aliphatic rings. The molecule has 0 radical (unpaired) electrons. The third kappa shape index (κ3) is 5.72. The molecule has 0 aromatic heterocycles. The highest BCUT2D eigenvalue weighted by Gasteiger charge is 2.06. The minimum atomic E-state index is -1.17. The zero-order valence-electron chi connectivity index (χ0n) is 10.9. The predicted octanol–water partition coefficient (Wildman–Crippen LogP) is 2.30. The molecule has 1 aromatic rings. The van der Waals surface area contributed by atoms with Crippen LogP contribution in [0.15, 0.2) is 36.4 Å². The Kier molecular flexibility index (Phi) is 5.60. The van der Waals surface area contributed by atoms with Crippen LogP contribution in [-0.4, -0.2) is 23.6 Å². The lowest BCUT2D eigenvalue weighted by Crippen LogP contribution is -2.11. The van der Waals surface area contributed by atoms with E-state index < -0.39 is 11.9 Å². The molecule has 0 aliphatic heterocycles. The van der Waals surface area contributed by atoms with Crippen molar-refractivity contribution in [2.45, 2.75) is 13.8 Å². The van der Waals surface area contributed by atoms with E-state index in [0.29, 0.717) is 24.0 Å². The van der Waals surface area contributed by atoms with Crippen LogP contribution in [0, 0.1) is 5.92 Å². The normalized spacial score (nSPS) is 10.7. The minimum Gasteiger partial charge on any atom is -0.491 e. The Morgan fingerprint density at radius 1 is 1.32 bits per heavy atom. The van der Waals surface area contributed by atoms with Gasteiger partial charge in [0.15, 0.2) is 0 Å². The van der Waals surface area contributed by atoms with Crippen molar-refractivity contribution in [2.75, 3.05) is 11.9 Å². The van der Waals surface area contributed by atoms with Gasteiger partial charge in [0.05, 0.1) is 12.3 Å². The number of ether oxygens (including phenoxy) is 1. The van der Waals surface area contributed by atoms with Gasteiger partial charge >= 0.3 is 5.97 Å². The molecule has 0 atom stereocenters. The van der Waals surface area contributed by atoms with Crippen molar-refractivity contribution in [2.24, 2.45) is 5.92 Å². The topological polar surface area (TPSA) is 75.6 Å². The fraction of sp³-hybridized carbons (Fsp3) is 0.286. The number of rotatable bonds is 6. The monoisotopic (exact) mass is 263 g/mol. The van der Waals surface area contributed by atoms with Gasteiger partial charge in [-0.2, -0.15) is 0 Å². The number of hydrogen-bond acceptors (Lipinski definition) is 3. The number of carbonyl (C=O) groups is 2. The lowest BCUT2D eigenvalue weighted by molar-refractivity contribution is -0.131. The number of aliphatic carboxylic acids is 1. The Morgan fingerprint density at radius 2 is 2.00 bits per heavy atom. The molecule has 0 fully saturated rings. The van der Waals surface area contributed by atoms with E-state index in [2.05, 4.69) is 5.32 Å². The summed E-state index contributed by atoms with van der Waals surface area (Å²) < 4.78 is 5.57. The fourth-order valence-corrected chi connectivity index (χ4v) is 1.27. The van der Waals surface area contributed by atoms with E-state index in [0.717, 1.165) is 12.2 Å². The highest BCUT2D eigenvalue weighted by Crippen LogP contribution is 2.24. The first kappa shape index (κ1) is 14.8. The van der Waals surface area contributed by atoms with Gasteiger partial charge < -0.3 is 15.2 Å². The molecular formula is C14H17NO4. The van der Waals surface area contributed by atoms with Gasteiger partial charge in [-0.15, -0.1) is 0 Å². The van der Waals surface area contributed by atoms with E-state index in [-0.39, 0.29) is 0 Å². The number of anilines is 1. The fourth-order valence-electron chi connectivity index (χ4n) is 1.27. The molecule has 0 saturated heterocycles. The van der Waals surface area contributed by atoms with E-state index >= 15 is 0 Å². The Hall–Kier alpha value is -2.30. The average Bonchev–Trinajstić information content (AvgIpc) is 2.35. The molecule has 0 spiro atoms. The smallest absolute Gasteiger partial charge is 0.328 e. The number of carboxylic acid groups (broad SMARTS) is 1. The summed E-state index contributed by atoms with van der Waals surface area (Å²) in [4.78, 5) is 21.8. The van der Waals surface area contributed by atoms with Gasteiger partial charge in [0.25, 0.3) is 0 Å². The SMILES string of the molecule is CC(C)COc1ccccc1NC(=O)/C=C/C(=O)O. The maximum atomic E-state index is 11.5. The molecule has 5 heteroatoms. The van der Waals surface area contributed by atoms with Crippen LogP contribution in [0.4, 0.5) is 5.69 Å². The number of amides is 1. The van der Waals surface area contributed by atoms with E-state index in [1.54, 1.807) is 24.3 Å². The summed E-state index contributed by atoms with van der Waals surface area (Å²) in [5.74, 6) is -0.744. The molecule has 0 heterocycles. The van der Waals surface area contributed by atoms with Crippen LogP contribution in [0.3, 0.4) is 0 Å². The van der Waals surface area contributed by atoms with Crippen molar-refractivity contribution >= 4 is 17.6 Å². The highest BCUT2D eigenvalue weighted by molar-refractivity contribution is 6.03. The van der Waals surface area contributed by atoms with Crippen LogP contribution in [-0.2, 0) is 9.59 Å². The van der Waals surface area contributed by atoms with E-state index in [9.17, 15) is 9.59 Å². The first-order valence-electron chi connectivity index (χ1n) is 5.93. The molecule has 2 N–H and O–H groups in total. The molecule has 1 rings (SSSR count). The second-order valence-corrected chi connectivity index (χ2v) is 4.36. The average molecular weight is 263 g/mol. The lowest BCUT2D eigenvalue weighted by Gasteiger charge is -2.12. The number of hydrogen-bond donors (Lipinski definition) is 2. The Bertz CT molecular complexity index is 480. The molecule has 1 amide bonds. The number of para-hydroxylation sites is 2. The summed E-state index contributed by atoms with van der Waals surface area (Å²) in [7, 11) is 0. The van der Waals surface area contributed by atoms with Crippen molar-refractivity contribution in [3.63, 3.8) is 0 Å². The minimum absolute atomic E-state index is 0.371. The Balaban J connectivity index is 2.72. The van der Waals surface area contributed by atoms with Gasteiger partial charge in [0, 0.05) is 12.2 Å². The van der Waals surface area contributed by atoms with E-state index in [4.69, 9.17) is 9.84 Å². The van der Waals surface area contributed by atoms with Crippen molar-refractivity contribution in [3.05, 3.63) is 36.4 Å². The van der Waals surface area contributed by atoms with Gasteiger partial charge in [-0.3, -0.25) is 4.79 Å². The lowest BCUT2D eigenvalue weighted by atomic mass is 10.2. The number of benzene rings is 1. The van der Waals surface area contributed by atoms with Gasteiger partial charge in [-0.1, -0.05) is 26.0 Å². The first-order chi connectivity index (χ1) is 8.99. The van der Waals surface area contributed by atoms with Crippen molar-refractivity contribution in [1.29, 1.82) is 0 Å². The third-order valence-corrected chi connectivity index (χ3v) is 2.09. The number of nitrogens with one attached hydrogen (secondary N) is 1. The molecule has 19 heavy (non-hydrogen) atoms. The maximum absolute atomic E-state index is 11.5. The number of carboxylic acids is 1. The van der Waals surface area contributed by atoms with Crippen LogP contribution in [0.2, 0.25) is 0 Å². The summed E-state index contributed by atoms with van der Waals surface area (Å²) in [5, 5.41) is 11.0. The van der Waals surface area contributed by atoms with Crippen LogP contribution in [0.1, 0.15) is 13.8 Å². The number of carbonyl (C=O) groups excluding carboxylic acids is 1. The van der Waals surface area contributed by atoms with Crippen LogP contribution >= 0.6 is 0 Å². The second-order valence-electron chi connectivity index (χ2n) is 4.36. The molecule has 0 saturated carbocycles. The standard InChI is InChI=1S/C14H17NO4/c1-10(2)9-19-12-6-4-3-5-11(12)15-13(16)7-8-14(17)18/h3-8,10H,9H2,1-2H3,(H,15,16)(H,17,18)/b8-7+. The summed E-state index contributed by atoms with van der Waals surface area (Å²) in [5.41, 5.74) is 0.517. The predicted molar refractivity (Wildman–Crippen MR) is 72.2 cm³/mol. The van der Waals surface area contributed by atoms with E-state index in [1.807, 2.05) is 13.8 Å². The maximum Gasteiger partial charge on any atom is 0.328 e. The van der Waals surface area contributed by atoms with Crippen LogP contribution in [0.5, 0.6) is 5.75 Å². The molecule has 0 aliphatic carbocycles. The molecule has 102 valence electrons. The van der Waals surface area contributed by atoms with Gasteiger partial charge in [0.2, 0.25) is 5.91 Å². The highest BCUT2D eigenvalue weighted by atomic mass is 16.5. The third-order valence-electron chi connectivity index (χ3n) is 2.09. The van der Waals surface area contributed by atoms with E-state index in [1.165, 1.54) is 0 Å². The van der Waals surface area contributed by atoms with Crippen LogP contribution in [0.25, 0.3) is 0 Å². The van der Waals surface area contributed by atoms with Crippen molar-refractivity contribution < 1.29 is 19.4 Å². The van der Waals surface area contributed by atoms with Gasteiger partial charge in [0.1, 0.15) is 5.75 Å². The quantitative estimate of drug-likeness (QED) is 0.772. The summed E-state index contributed by atoms with van der Waals surface area (Å²) >= 11 is 0.